The Morgan fingerprint density at radius 3 is 2.21 bits per heavy atom. The summed E-state index contributed by atoms with van der Waals surface area (Å²) in [5, 5.41) is 15.9. The van der Waals surface area contributed by atoms with E-state index in [4.69, 9.17) is 20.8 Å². The van der Waals surface area contributed by atoms with Crippen LogP contribution >= 0.6 is 11.6 Å². The van der Waals surface area contributed by atoms with Gasteiger partial charge in [-0.3, -0.25) is 19.3 Å². The number of nitriles is 1. The zero-order valence-corrected chi connectivity index (χ0v) is 31.3. The summed E-state index contributed by atoms with van der Waals surface area (Å²) in [6.07, 6.45) is 0.280. The van der Waals surface area contributed by atoms with Crippen LogP contribution in [-0.2, 0) is 13.0 Å². The minimum Gasteiger partial charge on any atom is -0.493 e. The van der Waals surface area contributed by atoms with Gasteiger partial charge in [-0.15, -0.1) is 0 Å². The third-order valence-corrected chi connectivity index (χ3v) is 9.19. The fourth-order valence-electron chi connectivity index (χ4n) is 6.09. The number of benzene rings is 4. The van der Waals surface area contributed by atoms with E-state index in [1.807, 2.05) is 32.9 Å². The third kappa shape index (κ3) is 9.04. The van der Waals surface area contributed by atoms with Crippen molar-refractivity contribution in [3.63, 3.8) is 0 Å². The molecule has 6 rings (SSSR count). The molecule has 0 fully saturated rings. The van der Waals surface area contributed by atoms with Crippen molar-refractivity contribution in [2.75, 3.05) is 13.2 Å². The number of nitrogens with one attached hydrogen (secondary N) is 2. The van der Waals surface area contributed by atoms with Crippen molar-refractivity contribution >= 4 is 29.3 Å². The molecule has 1 unspecified atom stereocenters. The van der Waals surface area contributed by atoms with Crippen LogP contribution in [0.1, 0.15) is 92.8 Å². The second-order valence-electron chi connectivity index (χ2n) is 12.5. The molecular formula is C43H43ClN4O5. The molecule has 0 radical (unpaired) electrons. The van der Waals surface area contributed by atoms with Gasteiger partial charge >= 0.3 is 0 Å². The quantitative estimate of drug-likeness (QED) is 0.116. The maximum atomic E-state index is 14.0. The number of amides is 3. The number of rotatable bonds is 13. The lowest BCUT2D eigenvalue weighted by Gasteiger charge is -2.24. The number of fused-ring (bicyclic) bond motifs is 1. The molecule has 0 saturated heterocycles. The highest BCUT2D eigenvalue weighted by Gasteiger charge is 2.37. The number of hydrogen-bond donors (Lipinski definition) is 2. The number of ether oxygens (including phenoxy) is 1. The number of furan rings is 1. The first-order valence-electron chi connectivity index (χ1n) is 17.8. The maximum Gasteiger partial charge on any atom is 0.261 e. The fraction of sp³-hybridized carbons (Fsp3) is 0.256. The standard InChI is InChI=1S/C41H37ClN4O5.C2H6/c1-4-50-38-21-36(42)34(20-35(38)37-18-17-31(51-37)23-44-26(3)29-15-9-25(2)10-16-29)39(47)45-30(19-27-11-13-28(22-43)14-12-27)24-46-40(48)32-7-5-6-8-33(32)41(46)49;1-2/h5-18,20-21,26,30,44H,4,19,23-24H2,1-3H3,(H,45,47);1-2H3/t26?,30-;/m1./s1. The van der Waals surface area contributed by atoms with Gasteiger partial charge in [0, 0.05) is 18.7 Å². The summed E-state index contributed by atoms with van der Waals surface area (Å²) < 4.78 is 12.1. The van der Waals surface area contributed by atoms with Crippen molar-refractivity contribution < 1.29 is 23.5 Å². The van der Waals surface area contributed by atoms with Crippen LogP contribution < -0.4 is 15.4 Å². The molecule has 53 heavy (non-hydrogen) atoms. The second kappa shape index (κ2) is 17.7. The number of imide groups is 1. The van der Waals surface area contributed by atoms with Crippen molar-refractivity contribution in [2.24, 2.45) is 0 Å². The average Bonchev–Trinajstić information content (AvgIpc) is 3.74. The first kappa shape index (κ1) is 38.5. The van der Waals surface area contributed by atoms with Gasteiger partial charge in [0.15, 0.2) is 0 Å². The molecule has 10 heteroatoms. The first-order valence-corrected chi connectivity index (χ1v) is 18.1. The molecule has 5 aromatic rings. The number of carbonyl (C=O) groups excluding carboxylic acids is 3. The Balaban J connectivity index is 0.00000266. The lowest BCUT2D eigenvalue weighted by molar-refractivity contribution is 0.0628. The summed E-state index contributed by atoms with van der Waals surface area (Å²) >= 11 is 6.70. The topological polar surface area (TPSA) is 125 Å². The molecule has 1 aliphatic heterocycles. The second-order valence-corrected chi connectivity index (χ2v) is 12.9. The van der Waals surface area contributed by atoms with Crippen molar-refractivity contribution in [2.45, 2.75) is 59.7 Å². The van der Waals surface area contributed by atoms with Gasteiger partial charge < -0.3 is 19.8 Å². The largest absolute Gasteiger partial charge is 0.493 e. The maximum absolute atomic E-state index is 14.0. The highest BCUT2D eigenvalue weighted by atomic mass is 35.5. The lowest BCUT2D eigenvalue weighted by Crippen LogP contribution is -2.47. The Morgan fingerprint density at radius 1 is 0.925 bits per heavy atom. The van der Waals surface area contributed by atoms with Crippen LogP contribution in [0.5, 0.6) is 5.75 Å². The molecule has 4 aromatic carbocycles. The first-order chi connectivity index (χ1) is 25.6. The molecule has 3 amide bonds. The van der Waals surface area contributed by atoms with Crippen LogP contribution in [0.4, 0.5) is 0 Å². The summed E-state index contributed by atoms with van der Waals surface area (Å²) in [6.45, 7) is 10.8. The van der Waals surface area contributed by atoms with Gasteiger partial charge in [-0.05, 0) is 80.8 Å². The van der Waals surface area contributed by atoms with E-state index < -0.39 is 23.8 Å². The van der Waals surface area contributed by atoms with Crippen LogP contribution in [0.3, 0.4) is 0 Å². The van der Waals surface area contributed by atoms with Gasteiger partial charge in [0.05, 0.1) is 58.1 Å². The third-order valence-electron chi connectivity index (χ3n) is 8.88. The molecule has 9 nitrogen and oxygen atoms in total. The van der Waals surface area contributed by atoms with E-state index in [2.05, 4.69) is 54.8 Å². The van der Waals surface area contributed by atoms with Crippen LogP contribution in [0.15, 0.2) is 101 Å². The molecule has 0 spiro atoms. The summed E-state index contributed by atoms with van der Waals surface area (Å²) in [6, 6.07) is 30.4. The minimum absolute atomic E-state index is 0.0743. The summed E-state index contributed by atoms with van der Waals surface area (Å²) in [4.78, 5) is 41.7. The Morgan fingerprint density at radius 2 is 1.58 bits per heavy atom. The summed E-state index contributed by atoms with van der Waals surface area (Å²) in [5.41, 5.74) is 5.03. The Kier molecular flexibility index (Phi) is 12.9. The molecule has 1 aliphatic rings. The van der Waals surface area contributed by atoms with Crippen molar-refractivity contribution in [1.82, 2.24) is 15.5 Å². The predicted octanol–water partition coefficient (Wildman–Crippen LogP) is 8.69. The molecule has 1 aromatic heterocycles. The van der Waals surface area contributed by atoms with Crippen LogP contribution in [0, 0.1) is 18.3 Å². The molecular weight excluding hydrogens is 688 g/mol. The smallest absolute Gasteiger partial charge is 0.261 e. The zero-order chi connectivity index (χ0) is 38.1. The van der Waals surface area contributed by atoms with Gasteiger partial charge in [0.2, 0.25) is 0 Å². The van der Waals surface area contributed by atoms with E-state index in [-0.39, 0.29) is 29.6 Å². The van der Waals surface area contributed by atoms with E-state index in [0.717, 1.165) is 10.5 Å². The van der Waals surface area contributed by atoms with Gasteiger partial charge in [-0.25, -0.2) is 0 Å². The summed E-state index contributed by atoms with van der Waals surface area (Å²) in [7, 11) is 0. The van der Waals surface area contributed by atoms with Gasteiger partial charge in [-0.1, -0.05) is 79.5 Å². The molecule has 2 atom stereocenters. The minimum atomic E-state index is -0.685. The predicted molar refractivity (Wildman–Crippen MR) is 206 cm³/mol. The Labute approximate surface area is 315 Å². The highest BCUT2D eigenvalue weighted by Crippen LogP contribution is 2.36. The van der Waals surface area contributed by atoms with Gasteiger partial charge in [0.1, 0.15) is 17.3 Å². The zero-order valence-electron chi connectivity index (χ0n) is 30.5. The van der Waals surface area contributed by atoms with Gasteiger partial charge in [-0.2, -0.15) is 5.26 Å². The van der Waals surface area contributed by atoms with Crippen LogP contribution in [-0.4, -0.2) is 41.8 Å². The van der Waals surface area contributed by atoms with E-state index in [1.165, 1.54) is 11.1 Å². The van der Waals surface area contributed by atoms with E-state index in [1.54, 1.807) is 60.7 Å². The molecule has 2 N–H and O–H groups in total. The Bertz CT molecular complexity index is 2080. The van der Waals surface area contributed by atoms with Gasteiger partial charge in [0.25, 0.3) is 17.7 Å². The van der Waals surface area contributed by atoms with E-state index in [0.29, 0.717) is 52.7 Å². The SMILES string of the molecule is CC.CCOc1cc(Cl)c(C(=O)N[C@H](Cc2ccc(C#N)cc2)CN2C(=O)c3ccccc3C2=O)cc1-c1ccc(CNC(C)c2ccc(C)cc2)o1. The number of nitrogens with zero attached hydrogens (tertiary/aromatic N) is 2. The van der Waals surface area contributed by atoms with E-state index in [9.17, 15) is 19.6 Å². The number of hydrogen-bond acceptors (Lipinski definition) is 7. The van der Waals surface area contributed by atoms with Crippen molar-refractivity contribution in [1.29, 1.82) is 5.26 Å². The highest BCUT2D eigenvalue weighted by molar-refractivity contribution is 6.34. The fourth-order valence-corrected chi connectivity index (χ4v) is 6.33. The number of aryl methyl sites for hydroxylation is 1. The van der Waals surface area contributed by atoms with Crippen molar-refractivity contribution in [3.05, 3.63) is 147 Å². The lowest BCUT2D eigenvalue weighted by atomic mass is 10.0. The van der Waals surface area contributed by atoms with Crippen LogP contribution in [0.2, 0.25) is 5.02 Å². The van der Waals surface area contributed by atoms with Crippen LogP contribution in [0.25, 0.3) is 11.3 Å². The molecule has 272 valence electrons. The Hall–Kier alpha value is -5.69. The average molecular weight is 731 g/mol. The number of halogens is 1. The molecule has 2 heterocycles. The normalized spacial score (nSPS) is 13.0. The van der Waals surface area contributed by atoms with E-state index >= 15 is 0 Å². The monoisotopic (exact) mass is 730 g/mol. The number of carbonyl (C=O) groups is 3. The molecule has 0 saturated carbocycles. The molecule has 0 bridgehead atoms. The van der Waals surface area contributed by atoms with Crippen molar-refractivity contribution in [3.8, 4) is 23.1 Å². The molecule has 0 aliphatic carbocycles. The summed E-state index contributed by atoms with van der Waals surface area (Å²) in [5.74, 6) is 0.320.